The van der Waals surface area contributed by atoms with Crippen molar-refractivity contribution in [2.75, 3.05) is 0 Å². The number of benzene rings is 4. The Morgan fingerprint density at radius 1 is 0.537 bits per heavy atom. The molecule has 4 heteroatoms. The molecule has 2 fully saturated rings. The van der Waals surface area contributed by atoms with Crippen LogP contribution in [0.4, 0.5) is 0 Å². The summed E-state index contributed by atoms with van der Waals surface area (Å²) in [4.78, 5) is 0. The third-order valence-corrected chi connectivity index (χ3v) is 11.2. The molecule has 0 atom stereocenters. The van der Waals surface area contributed by atoms with Crippen LogP contribution in [0.3, 0.4) is 0 Å². The molecule has 2 aliphatic rings. The topological polar surface area (TPSA) is 0 Å². The van der Waals surface area contributed by atoms with Crippen molar-refractivity contribution >= 4 is 48.1 Å². The minimum absolute atomic E-state index is 0.826. The van der Waals surface area contributed by atoms with Crippen LogP contribution in [0.5, 0.6) is 0 Å². The molecule has 0 saturated heterocycles. The van der Waals surface area contributed by atoms with E-state index in [0.29, 0.717) is 0 Å². The van der Waals surface area contributed by atoms with E-state index in [0.717, 1.165) is 21.4 Å². The summed E-state index contributed by atoms with van der Waals surface area (Å²) >= 11 is -0.826. The van der Waals surface area contributed by atoms with E-state index in [4.69, 9.17) is 17.0 Å². The van der Waals surface area contributed by atoms with Gasteiger partial charge in [0.15, 0.2) is 0 Å². The van der Waals surface area contributed by atoms with Crippen molar-refractivity contribution in [3.63, 3.8) is 0 Å². The minimum atomic E-state index is -0.826. The van der Waals surface area contributed by atoms with Crippen molar-refractivity contribution in [1.82, 2.24) is 0 Å². The molecule has 0 unspecified atom stereocenters. The van der Waals surface area contributed by atoms with Gasteiger partial charge in [0.05, 0.1) is 0 Å². The molecular weight excluding hydrogens is 791 g/mol. The maximum atomic E-state index is 4.93. The third-order valence-electron chi connectivity index (χ3n) is 11.2. The summed E-state index contributed by atoms with van der Waals surface area (Å²) in [6.45, 7) is 13.1. The molecule has 0 aliphatic heterocycles. The SMILES string of the molecule is C[Si]C.Cc1cc(C)cc(-c2cccc3[cH-]c(CC4CCCCC4)cc23)c1.Cc1cc(C)cc(-c2cccc3[cH-]c(CC4CCCCC4)cc23)c1.[Cl][Zr+2][Cl]. The second kappa shape index (κ2) is 21.9. The summed E-state index contributed by atoms with van der Waals surface area (Å²) in [5.41, 5.74) is 13.9. The van der Waals surface area contributed by atoms with E-state index in [-0.39, 0.29) is 0 Å². The molecule has 0 N–H and O–H groups in total. The Kier molecular flexibility index (Phi) is 17.4. The Morgan fingerprint density at radius 2 is 0.870 bits per heavy atom. The van der Waals surface area contributed by atoms with E-state index in [1.54, 1.807) is 0 Å². The maximum absolute atomic E-state index is 4.93. The predicted molar refractivity (Wildman–Crippen MR) is 239 cm³/mol. The van der Waals surface area contributed by atoms with Crippen LogP contribution >= 0.6 is 17.0 Å². The van der Waals surface area contributed by atoms with Gasteiger partial charge < -0.3 is 0 Å². The molecule has 0 bridgehead atoms. The molecule has 0 amide bonds. The van der Waals surface area contributed by atoms with Crippen molar-refractivity contribution in [3.05, 3.63) is 130 Å². The Balaban J connectivity index is 0.000000182. The van der Waals surface area contributed by atoms with Crippen molar-refractivity contribution in [3.8, 4) is 22.3 Å². The zero-order valence-electron chi connectivity index (χ0n) is 33.6. The fraction of sp³-hybridized carbons (Fsp3) is 0.400. The Hall–Kier alpha value is -2.22. The van der Waals surface area contributed by atoms with Gasteiger partial charge in [0.1, 0.15) is 0 Å². The Bertz CT molecular complexity index is 1850. The fourth-order valence-electron chi connectivity index (χ4n) is 9.04. The first-order valence-electron chi connectivity index (χ1n) is 20.3. The number of halogens is 2. The van der Waals surface area contributed by atoms with Crippen LogP contribution in [0.2, 0.25) is 13.1 Å². The number of hydrogen-bond acceptors (Lipinski definition) is 0. The van der Waals surface area contributed by atoms with Gasteiger partial charge in [-0.25, -0.2) is 0 Å². The van der Waals surface area contributed by atoms with Gasteiger partial charge in [-0.15, -0.1) is 69.1 Å². The molecule has 0 aromatic heterocycles. The van der Waals surface area contributed by atoms with Crippen LogP contribution in [0.1, 0.15) is 97.6 Å². The van der Waals surface area contributed by atoms with E-state index in [2.05, 4.69) is 138 Å². The summed E-state index contributed by atoms with van der Waals surface area (Å²) in [5, 5.41) is 5.65. The van der Waals surface area contributed by atoms with E-state index in [9.17, 15) is 0 Å². The van der Waals surface area contributed by atoms with Crippen molar-refractivity contribution in [1.29, 1.82) is 0 Å². The van der Waals surface area contributed by atoms with E-state index < -0.39 is 20.8 Å². The molecule has 2 saturated carbocycles. The molecule has 2 aliphatic carbocycles. The van der Waals surface area contributed by atoms with Gasteiger partial charge in [0.2, 0.25) is 0 Å². The first-order valence-corrected chi connectivity index (χ1v) is 28.6. The van der Waals surface area contributed by atoms with Gasteiger partial charge in [-0.1, -0.05) is 159 Å². The summed E-state index contributed by atoms with van der Waals surface area (Å²) in [7, 11) is 11.0. The molecule has 0 heterocycles. The molecule has 0 nitrogen and oxygen atoms in total. The standard InChI is InChI=1S/2C24H27.C2H6Si.2ClH.Zr/c2*1-17-11-18(2)13-22(12-17)23-10-6-9-21-15-20(16-24(21)23)14-19-7-4-3-5-8-19;1-3-2;;;/h2*6,9-13,15-16,19H,3-5,7-8,14H2,1-2H3;1-2H3;2*1H;/q2*-1;;;;+4/p-2. The van der Waals surface area contributed by atoms with Crippen LogP contribution < -0.4 is 0 Å². The first-order chi connectivity index (χ1) is 26.2. The van der Waals surface area contributed by atoms with Gasteiger partial charge in [-0.3, -0.25) is 0 Å². The molecule has 8 rings (SSSR count). The number of fused-ring (bicyclic) bond motifs is 2. The average molecular weight is 851 g/mol. The normalized spacial score (nSPS) is 14.7. The van der Waals surface area contributed by atoms with Crippen molar-refractivity contribution < 1.29 is 20.8 Å². The van der Waals surface area contributed by atoms with Crippen LogP contribution in [-0.4, -0.2) is 9.52 Å². The fourth-order valence-corrected chi connectivity index (χ4v) is 9.04. The van der Waals surface area contributed by atoms with Crippen LogP contribution in [0.25, 0.3) is 43.8 Å². The van der Waals surface area contributed by atoms with E-state index in [1.807, 2.05) is 0 Å². The average Bonchev–Trinajstić information content (AvgIpc) is 3.76. The zero-order chi connectivity index (χ0) is 38.5. The number of aryl methyl sites for hydroxylation is 4. The Labute approximate surface area is 348 Å². The molecule has 282 valence electrons. The van der Waals surface area contributed by atoms with Gasteiger partial charge in [0, 0.05) is 9.52 Å². The monoisotopic (exact) mass is 848 g/mol. The second-order valence-electron chi connectivity index (χ2n) is 16.1. The van der Waals surface area contributed by atoms with Crippen LogP contribution in [0.15, 0.2) is 97.1 Å². The Morgan fingerprint density at radius 3 is 1.20 bits per heavy atom. The molecule has 54 heavy (non-hydrogen) atoms. The van der Waals surface area contributed by atoms with Crippen molar-refractivity contribution in [2.24, 2.45) is 11.8 Å². The molecule has 6 aromatic carbocycles. The van der Waals surface area contributed by atoms with Crippen LogP contribution in [-0.2, 0) is 33.7 Å². The van der Waals surface area contributed by atoms with Gasteiger partial charge in [-0.05, 0) is 63.5 Å². The third kappa shape index (κ3) is 12.4. The second-order valence-corrected chi connectivity index (χ2v) is 20.8. The predicted octanol–water partition coefficient (Wildman–Crippen LogP) is 16.1. The summed E-state index contributed by atoms with van der Waals surface area (Å²) < 4.78 is 0. The summed E-state index contributed by atoms with van der Waals surface area (Å²) in [5.74, 6) is 1.81. The van der Waals surface area contributed by atoms with Gasteiger partial charge in [-0.2, -0.15) is 12.1 Å². The van der Waals surface area contributed by atoms with E-state index in [1.165, 1.54) is 154 Å². The van der Waals surface area contributed by atoms with Gasteiger partial charge in [0.25, 0.3) is 0 Å². The van der Waals surface area contributed by atoms with E-state index >= 15 is 0 Å². The summed E-state index contributed by atoms with van der Waals surface area (Å²) in [6, 6.07) is 37.0. The van der Waals surface area contributed by atoms with Crippen molar-refractivity contribution in [2.45, 2.75) is 118 Å². The van der Waals surface area contributed by atoms with Crippen LogP contribution in [0, 0.1) is 39.5 Å². The molecule has 6 aromatic rings. The number of hydrogen-bond donors (Lipinski definition) is 0. The first kappa shape index (κ1) is 42.9. The van der Waals surface area contributed by atoms with Gasteiger partial charge >= 0.3 is 37.9 Å². The quantitative estimate of drug-likeness (QED) is 0.116. The molecular formula is C50H60Cl2SiZr. The number of rotatable bonds is 6. The molecule has 2 radical (unpaired) electrons. The zero-order valence-corrected chi connectivity index (χ0v) is 38.6. The molecule has 0 spiro atoms. The summed E-state index contributed by atoms with van der Waals surface area (Å²) in [6.07, 6.45) is 16.8.